The number of halogens is 1. The lowest BCUT2D eigenvalue weighted by molar-refractivity contribution is -0.122. The van der Waals surface area contributed by atoms with Crippen LogP contribution in [0.2, 0.25) is 0 Å². The van der Waals surface area contributed by atoms with Crippen LogP contribution >= 0.6 is 0 Å². The quantitative estimate of drug-likeness (QED) is 0.818. The Kier molecular flexibility index (Phi) is 5.78. The number of aliphatic hydroxyl groups excluding tert-OH is 1. The van der Waals surface area contributed by atoms with E-state index in [1.165, 1.54) is 12.1 Å². The molecule has 0 saturated carbocycles. The van der Waals surface area contributed by atoms with E-state index < -0.39 is 18.0 Å². The summed E-state index contributed by atoms with van der Waals surface area (Å²) in [4.78, 5) is 11.5. The fourth-order valence-corrected chi connectivity index (χ4v) is 1.84. The summed E-state index contributed by atoms with van der Waals surface area (Å²) in [6.45, 7) is 3.76. The molecule has 2 unspecified atom stereocenters. The lowest BCUT2D eigenvalue weighted by atomic mass is 9.99. The maximum Gasteiger partial charge on any atom is 0.220 e. The van der Waals surface area contributed by atoms with E-state index in [0.29, 0.717) is 12.8 Å². The number of aliphatic hydroxyl groups is 1. The first-order valence-corrected chi connectivity index (χ1v) is 6.32. The zero-order valence-electron chi connectivity index (χ0n) is 10.8. The van der Waals surface area contributed by atoms with Gasteiger partial charge >= 0.3 is 0 Å². The standard InChI is InChI=1S/C14H20FNO2/c1-3-7-13(17)16-12(4-2)14(18)10-8-5-6-9-11(10)15/h5-6,8-9,12,14,18H,3-4,7H2,1-2H3,(H,16,17). The molecule has 0 bridgehead atoms. The Morgan fingerprint density at radius 3 is 2.61 bits per heavy atom. The summed E-state index contributed by atoms with van der Waals surface area (Å²) in [7, 11) is 0. The molecular formula is C14H20FNO2. The number of hydrogen-bond donors (Lipinski definition) is 2. The molecule has 1 rings (SSSR count). The molecule has 0 heterocycles. The molecule has 0 aromatic heterocycles. The van der Waals surface area contributed by atoms with Crippen molar-refractivity contribution in [2.75, 3.05) is 0 Å². The van der Waals surface area contributed by atoms with E-state index in [2.05, 4.69) is 5.32 Å². The molecule has 0 aliphatic carbocycles. The predicted molar refractivity (Wildman–Crippen MR) is 68.5 cm³/mol. The average molecular weight is 253 g/mol. The highest BCUT2D eigenvalue weighted by atomic mass is 19.1. The molecule has 4 heteroatoms. The third kappa shape index (κ3) is 3.81. The Hall–Kier alpha value is -1.42. The van der Waals surface area contributed by atoms with Gasteiger partial charge in [-0.15, -0.1) is 0 Å². The molecule has 18 heavy (non-hydrogen) atoms. The molecule has 0 saturated heterocycles. The van der Waals surface area contributed by atoms with Gasteiger partial charge in [0, 0.05) is 12.0 Å². The summed E-state index contributed by atoms with van der Waals surface area (Å²) in [5.74, 6) is -0.562. The first-order chi connectivity index (χ1) is 8.60. The highest BCUT2D eigenvalue weighted by Gasteiger charge is 2.23. The average Bonchev–Trinajstić information content (AvgIpc) is 2.36. The number of nitrogens with one attached hydrogen (secondary N) is 1. The monoisotopic (exact) mass is 253 g/mol. The number of carbonyl (C=O) groups is 1. The summed E-state index contributed by atoms with van der Waals surface area (Å²) in [6.07, 6.45) is 0.695. The van der Waals surface area contributed by atoms with Crippen molar-refractivity contribution in [1.29, 1.82) is 0 Å². The smallest absolute Gasteiger partial charge is 0.220 e. The first kappa shape index (κ1) is 14.6. The van der Waals surface area contributed by atoms with Crippen LogP contribution in [-0.2, 0) is 4.79 Å². The molecule has 1 aromatic carbocycles. The van der Waals surface area contributed by atoms with Gasteiger partial charge in [-0.1, -0.05) is 32.0 Å². The minimum absolute atomic E-state index is 0.111. The fraction of sp³-hybridized carbons (Fsp3) is 0.500. The van der Waals surface area contributed by atoms with Gasteiger partial charge in [0.25, 0.3) is 0 Å². The van der Waals surface area contributed by atoms with Crippen LogP contribution in [0.5, 0.6) is 0 Å². The van der Waals surface area contributed by atoms with Crippen molar-refractivity contribution in [3.05, 3.63) is 35.6 Å². The maximum absolute atomic E-state index is 13.5. The summed E-state index contributed by atoms with van der Waals surface area (Å²) in [6, 6.07) is 5.62. The van der Waals surface area contributed by atoms with Crippen LogP contribution in [-0.4, -0.2) is 17.1 Å². The summed E-state index contributed by atoms with van der Waals surface area (Å²) < 4.78 is 13.5. The Bertz CT molecular complexity index is 395. The van der Waals surface area contributed by atoms with Crippen LogP contribution in [0, 0.1) is 5.82 Å². The van der Waals surface area contributed by atoms with Crippen LogP contribution in [0.15, 0.2) is 24.3 Å². The third-order valence-corrected chi connectivity index (χ3v) is 2.87. The van der Waals surface area contributed by atoms with Crippen molar-refractivity contribution in [3.63, 3.8) is 0 Å². The molecule has 1 aromatic rings. The van der Waals surface area contributed by atoms with Crippen molar-refractivity contribution >= 4 is 5.91 Å². The van der Waals surface area contributed by atoms with E-state index in [1.54, 1.807) is 12.1 Å². The normalized spacial score (nSPS) is 14.0. The highest BCUT2D eigenvalue weighted by molar-refractivity contribution is 5.76. The second-order valence-electron chi connectivity index (χ2n) is 4.30. The van der Waals surface area contributed by atoms with Crippen LogP contribution in [0.3, 0.4) is 0 Å². The number of rotatable bonds is 6. The fourth-order valence-electron chi connectivity index (χ4n) is 1.84. The molecule has 0 aliphatic heterocycles. The topological polar surface area (TPSA) is 49.3 Å². The Balaban J connectivity index is 2.76. The zero-order valence-corrected chi connectivity index (χ0v) is 10.8. The molecule has 0 radical (unpaired) electrons. The van der Waals surface area contributed by atoms with Crippen molar-refractivity contribution in [2.24, 2.45) is 0 Å². The molecule has 0 aliphatic rings. The SMILES string of the molecule is CCCC(=O)NC(CC)C(O)c1ccccc1F. The van der Waals surface area contributed by atoms with Crippen LogP contribution in [0.4, 0.5) is 4.39 Å². The number of carbonyl (C=O) groups excluding carboxylic acids is 1. The summed E-state index contributed by atoms with van der Waals surface area (Å²) in [5, 5.41) is 12.9. The van der Waals surface area contributed by atoms with Gasteiger partial charge in [0.2, 0.25) is 5.91 Å². The molecule has 0 fully saturated rings. The summed E-state index contributed by atoms with van der Waals surface area (Å²) in [5.41, 5.74) is 0.223. The number of hydrogen-bond acceptors (Lipinski definition) is 2. The van der Waals surface area contributed by atoms with Gasteiger partial charge in [-0.3, -0.25) is 4.79 Å². The molecular weight excluding hydrogens is 233 g/mol. The van der Waals surface area contributed by atoms with Crippen molar-refractivity contribution in [2.45, 2.75) is 45.3 Å². The lowest BCUT2D eigenvalue weighted by Crippen LogP contribution is -2.39. The molecule has 100 valence electrons. The van der Waals surface area contributed by atoms with Crippen molar-refractivity contribution in [1.82, 2.24) is 5.32 Å². The van der Waals surface area contributed by atoms with Crippen molar-refractivity contribution in [3.8, 4) is 0 Å². The van der Waals surface area contributed by atoms with Crippen molar-refractivity contribution < 1.29 is 14.3 Å². The van der Waals surface area contributed by atoms with Gasteiger partial charge < -0.3 is 10.4 Å². The van der Waals surface area contributed by atoms with Gasteiger partial charge in [-0.2, -0.15) is 0 Å². The van der Waals surface area contributed by atoms with E-state index in [4.69, 9.17) is 0 Å². The lowest BCUT2D eigenvalue weighted by Gasteiger charge is -2.23. The van der Waals surface area contributed by atoms with Gasteiger partial charge in [0.05, 0.1) is 6.04 Å². The van der Waals surface area contributed by atoms with E-state index in [9.17, 15) is 14.3 Å². The number of benzene rings is 1. The van der Waals surface area contributed by atoms with Gasteiger partial charge in [-0.05, 0) is 18.9 Å². The molecule has 2 atom stereocenters. The highest BCUT2D eigenvalue weighted by Crippen LogP contribution is 2.21. The summed E-state index contributed by atoms with van der Waals surface area (Å²) >= 11 is 0. The van der Waals surface area contributed by atoms with E-state index >= 15 is 0 Å². The number of amides is 1. The van der Waals surface area contributed by atoms with E-state index in [1.807, 2.05) is 13.8 Å². The Labute approximate surface area is 107 Å². The Morgan fingerprint density at radius 2 is 2.06 bits per heavy atom. The predicted octanol–water partition coefficient (Wildman–Crippen LogP) is 2.55. The van der Waals surface area contributed by atoms with E-state index in [0.717, 1.165) is 6.42 Å². The second kappa shape index (κ2) is 7.11. The van der Waals surface area contributed by atoms with Crippen LogP contribution in [0.25, 0.3) is 0 Å². The van der Waals surface area contributed by atoms with Gasteiger partial charge in [0.15, 0.2) is 0 Å². The van der Waals surface area contributed by atoms with Crippen LogP contribution in [0.1, 0.15) is 44.8 Å². The Morgan fingerprint density at radius 1 is 1.39 bits per heavy atom. The second-order valence-corrected chi connectivity index (χ2v) is 4.30. The first-order valence-electron chi connectivity index (χ1n) is 6.32. The minimum atomic E-state index is -1.02. The molecule has 3 nitrogen and oxygen atoms in total. The van der Waals surface area contributed by atoms with Gasteiger partial charge in [-0.25, -0.2) is 4.39 Å². The van der Waals surface area contributed by atoms with Crippen LogP contribution < -0.4 is 5.32 Å². The van der Waals surface area contributed by atoms with Gasteiger partial charge in [0.1, 0.15) is 11.9 Å². The third-order valence-electron chi connectivity index (χ3n) is 2.87. The maximum atomic E-state index is 13.5. The largest absolute Gasteiger partial charge is 0.386 e. The minimum Gasteiger partial charge on any atom is -0.386 e. The molecule has 2 N–H and O–H groups in total. The van der Waals surface area contributed by atoms with E-state index in [-0.39, 0.29) is 11.5 Å². The molecule has 1 amide bonds. The molecule has 0 spiro atoms. The zero-order chi connectivity index (χ0) is 13.5.